The van der Waals surface area contributed by atoms with Crippen LogP contribution in [0.5, 0.6) is 17.2 Å². The first-order valence-electron chi connectivity index (χ1n) is 10.2. The van der Waals surface area contributed by atoms with Gasteiger partial charge in [0.2, 0.25) is 10.0 Å². The molecule has 3 aromatic rings. The number of carbonyl (C=O) groups excluding carboxylic acids is 1. The van der Waals surface area contributed by atoms with Gasteiger partial charge in [0.15, 0.2) is 11.5 Å². The molecule has 1 amide bonds. The van der Waals surface area contributed by atoms with Gasteiger partial charge < -0.3 is 14.2 Å². The molecule has 0 bridgehead atoms. The van der Waals surface area contributed by atoms with Gasteiger partial charge in [0.1, 0.15) is 12.4 Å². The van der Waals surface area contributed by atoms with Crippen LogP contribution in [-0.4, -0.2) is 41.3 Å². The number of rotatable bonds is 11. The van der Waals surface area contributed by atoms with Gasteiger partial charge in [-0.05, 0) is 47.5 Å². The van der Waals surface area contributed by atoms with Crippen LogP contribution in [0.1, 0.15) is 11.1 Å². The van der Waals surface area contributed by atoms with E-state index >= 15 is 0 Å². The van der Waals surface area contributed by atoms with Crippen LogP contribution in [0.2, 0.25) is 0 Å². The van der Waals surface area contributed by atoms with Crippen molar-refractivity contribution < 1.29 is 27.4 Å². The van der Waals surface area contributed by atoms with Crippen molar-refractivity contribution in [3.8, 4) is 17.2 Å². The molecule has 3 rings (SSSR count). The van der Waals surface area contributed by atoms with Crippen LogP contribution in [-0.2, 0) is 21.4 Å². The van der Waals surface area contributed by atoms with Crippen LogP contribution in [0, 0.1) is 0 Å². The second-order valence-corrected chi connectivity index (χ2v) is 8.74. The summed E-state index contributed by atoms with van der Waals surface area (Å²) >= 11 is 0. The molecule has 0 atom stereocenters. The second kappa shape index (κ2) is 11.8. The zero-order chi connectivity index (χ0) is 24.4. The quantitative estimate of drug-likeness (QED) is 0.320. The van der Waals surface area contributed by atoms with Gasteiger partial charge in [-0.1, -0.05) is 30.3 Å². The fourth-order valence-corrected chi connectivity index (χ4v) is 3.83. The van der Waals surface area contributed by atoms with E-state index in [2.05, 4.69) is 15.2 Å². The van der Waals surface area contributed by atoms with E-state index < -0.39 is 22.5 Å². The van der Waals surface area contributed by atoms with E-state index in [1.54, 1.807) is 24.3 Å². The smallest absolute Gasteiger partial charge is 0.255 e. The Morgan fingerprint density at radius 3 is 2.32 bits per heavy atom. The standard InChI is InChI=1S/C24H25N3O6S/c1-31-22-13-12-21(14-23(22)32-2)34(29,30)26-16-24(28)27-25-15-18-8-10-20(11-9-18)33-17-19-6-4-3-5-7-19/h3-15,26H,16-17H2,1-2H3,(H,27,28)/b25-15-. The highest BCUT2D eigenvalue weighted by atomic mass is 32.2. The fourth-order valence-electron chi connectivity index (χ4n) is 2.84. The Kier molecular flexibility index (Phi) is 8.60. The molecule has 0 heterocycles. The monoisotopic (exact) mass is 483 g/mol. The summed E-state index contributed by atoms with van der Waals surface area (Å²) in [6.45, 7) is -0.0240. The number of amides is 1. The molecular formula is C24H25N3O6S. The molecule has 0 aliphatic rings. The number of nitrogens with zero attached hydrogens (tertiary/aromatic N) is 1. The first-order chi connectivity index (χ1) is 16.4. The number of ether oxygens (including phenoxy) is 3. The Hall–Kier alpha value is -3.89. The predicted octanol–water partition coefficient (Wildman–Crippen LogP) is 2.71. The fraction of sp³-hybridized carbons (Fsp3) is 0.167. The van der Waals surface area contributed by atoms with Crippen molar-refractivity contribution in [1.82, 2.24) is 10.1 Å². The topological polar surface area (TPSA) is 115 Å². The Balaban J connectivity index is 1.47. The normalized spacial score (nSPS) is 11.2. The second-order valence-electron chi connectivity index (χ2n) is 6.98. The summed E-state index contributed by atoms with van der Waals surface area (Å²) < 4.78 is 43.0. The van der Waals surface area contributed by atoms with Gasteiger partial charge in [-0.25, -0.2) is 18.6 Å². The van der Waals surface area contributed by atoms with E-state index in [0.717, 1.165) is 11.1 Å². The molecule has 9 nitrogen and oxygen atoms in total. The molecule has 0 aliphatic carbocycles. The number of methoxy groups -OCH3 is 2. The largest absolute Gasteiger partial charge is 0.493 e. The third kappa shape index (κ3) is 7.06. The van der Waals surface area contributed by atoms with Gasteiger partial charge >= 0.3 is 0 Å². The Morgan fingerprint density at radius 1 is 0.941 bits per heavy atom. The molecule has 0 aliphatic heterocycles. The van der Waals surface area contributed by atoms with E-state index in [0.29, 0.717) is 18.1 Å². The number of hydrogen-bond acceptors (Lipinski definition) is 7. The zero-order valence-electron chi connectivity index (χ0n) is 18.7. The van der Waals surface area contributed by atoms with Gasteiger partial charge in [-0.15, -0.1) is 0 Å². The first kappa shape index (κ1) is 24.7. The molecule has 0 aromatic heterocycles. The Labute approximate surface area is 198 Å². The lowest BCUT2D eigenvalue weighted by Crippen LogP contribution is -2.34. The lowest BCUT2D eigenvalue weighted by Gasteiger charge is -2.10. The van der Waals surface area contributed by atoms with Crippen LogP contribution < -0.4 is 24.4 Å². The molecule has 0 fully saturated rings. The number of benzene rings is 3. The van der Waals surface area contributed by atoms with Crippen LogP contribution in [0.25, 0.3) is 0 Å². The lowest BCUT2D eigenvalue weighted by atomic mass is 10.2. The van der Waals surface area contributed by atoms with Gasteiger partial charge in [0, 0.05) is 6.07 Å². The molecule has 10 heteroatoms. The zero-order valence-corrected chi connectivity index (χ0v) is 19.5. The molecule has 0 unspecified atom stereocenters. The third-order valence-electron chi connectivity index (χ3n) is 4.62. The van der Waals surface area contributed by atoms with Crippen molar-refractivity contribution in [2.75, 3.05) is 20.8 Å². The maximum atomic E-state index is 12.4. The number of hydrazone groups is 1. The van der Waals surface area contributed by atoms with Gasteiger partial charge in [0.05, 0.1) is 31.9 Å². The number of carbonyl (C=O) groups is 1. The maximum absolute atomic E-state index is 12.4. The first-order valence-corrected chi connectivity index (χ1v) is 11.7. The predicted molar refractivity (Wildman–Crippen MR) is 128 cm³/mol. The number of hydrogen-bond donors (Lipinski definition) is 2. The van der Waals surface area contributed by atoms with Gasteiger partial charge in [-0.2, -0.15) is 5.10 Å². The van der Waals surface area contributed by atoms with Crippen molar-refractivity contribution >= 4 is 22.1 Å². The summed E-state index contributed by atoms with van der Waals surface area (Å²) in [4.78, 5) is 11.9. The highest BCUT2D eigenvalue weighted by molar-refractivity contribution is 7.89. The highest BCUT2D eigenvalue weighted by Crippen LogP contribution is 2.29. The molecule has 0 radical (unpaired) electrons. The van der Waals surface area contributed by atoms with Gasteiger partial charge in [0.25, 0.3) is 5.91 Å². The van der Waals surface area contributed by atoms with E-state index in [-0.39, 0.29) is 10.6 Å². The van der Waals surface area contributed by atoms with Crippen molar-refractivity contribution in [2.24, 2.45) is 5.10 Å². The minimum Gasteiger partial charge on any atom is -0.493 e. The van der Waals surface area contributed by atoms with E-state index in [1.165, 1.54) is 38.6 Å². The Bertz CT molecular complexity index is 1230. The average molecular weight is 484 g/mol. The third-order valence-corrected chi connectivity index (χ3v) is 6.02. The van der Waals surface area contributed by atoms with Crippen molar-refractivity contribution in [3.05, 3.63) is 83.9 Å². The molecule has 0 saturated heterocycles. The maximum Gasteiger partial charge on any atom is 0.255 e. The number of sulfonamides is 1. The summed E-state index contributed by atoms with van der Waals surface area (Å²) in [6, 6.07) is 21.1. The van der Waals surface area contributed by atoms with E-state index in [1.807, 2.05) is 30.3 Å². The SMILES string of the molecule is COc1ccc(S(=O)(=O)NCC(=O)N/N=C\c2ccc(OCc3ccccc3)cc2)cc1OC. The molecule has 0 spiro atoms. The average Bonchev–Trinajstić information content (AvgIpc) is 2.87. The van der Waals surface area contributed by atoms with Crippen LogP contribution in [0.4, 0.5) is 0 Å². The minimum absolute atomic E-state index is 0.0592. The summed E-state index contributed by atoms with van der Waals surface area (Å²) in [5, 5.41) is 3.85. The molecule has 0 saturated carbocycles. The molecule has 2 N–H and O–H groups in total. The molecule has 178 valence electrons. The van der Waals surface area contributed by atoms with E-state index in [4.69, 9.17) is 14.2 Å². The molecule has 34 heavy (non-hydrogen) atoms. The number of nitrogens with one attached hydrogen (secondary N) is 2. The van der Waals surface area contributed by atoms with E-state index in [9.17, 15) is 13.2 Å². The van der Waals surface area contributed by atoms with Crippen LogP contribution >= 0.6 is 0 Å². The van der Waals surface area contributed by atoms with Gasteiger partial charge in [-0.3, -0.25) is 4.79 Å². The summed E-state index contributed by atoms with van der Waals surface area (Å²) in [7, 11) is -1.08. The lowest BCUT2D eigenvalue weighted by molar-refractivity contribution is -0.119. The van der Waals surface area contributed by atoms with Crippen molar-refractivity contribution in [2.45, 2.75) is 11.5 Å². The summed E-state index contributed by atoms with van der Waals surface area (Å²) in [5.41, 5.74) is 4.09. The summed E-state index contributed by atoms with van der Waals surface area (Å²) in [5.74, 6) is 0.734. The molecular weight excluding hydrogens is 458 g/mol. The van der Waals surface area contributed by atoms with Crippen molar-refractivity contribution in [3.63, 3.8) is 0 Å². The highest BCUT2D eigenvalue weighted by Gasteiger charge is 2.18. The molecule has 3 aromatic carbocycles. The summed E-state index contributed by atoms with van der Waals surface area (Å²) in [6.07, 6.45) is 1.45. The minimum atomic E-state index is -3.93. The van der Waals surface area contributed by atoms with Crippen LogP contribution in [0.3, 0.4) is 0 Å². The van der Waals surface area contributed by atoms with Crippen LogP contribution in [0.15, 0.2) is 82.8 Å². The Morgan fingerprint density at radius 2 is 1.65 bits per heavy atom. The van der Waals surface area contributed by atoms with Crippen molar-refractivity contribution in [1.29, 1.82) is 0 Å².